The number of allylic oxidation sites excluding steroid dienone is 1. The molecular formula is C30H34F2O2. The summed E-state index contributed by atoms with van der Waals surface area (Å²) in [5.41, 5.74) is 3.87. The second kappa shape index (κ2) is 13.0. The third kappa shape index (κ3) is 7.26. The van der Waals surface area contributed by atoms with Crippen molar-refractivity contribution in [3.8, 4) is 28.0 Å². The second-order valence-electron chi connectivity index (χ2n) is 8.68. The Balaban J connectivity index is 1.50. The Morgan fingerprint density at radius 2 is 1.47 bits per heavy atom. The van der Waals surface area contributed by atoms with E-state index in [1.54, 1.807) is 12.1 Å². The van der Waals surface area contributed by atoms with Crippen molar-refractivity contribution >= 4 is 6.08 Å². The topological polar surface area (TPSA) is 29.5 Å². The number of rotatable bonds is 12. The molecule has 180 valence electrons. The largest absolute Gasteiger partial charge is 0.505 e. The van der Waals surface area contributed by atoms with Gasteiger partial charge in [-0.15, -0.1) is 0 Å². The molecule has 2 nitrogen and oxygen atoms in total. The summed E-state index contributed by atoms with van der Waals surface area (Å²) in [7, 11) is 0. The first-order valence-electron chi connectivity index (χ1n) is 12.2. The minimum absolute atomic E-state index is 0.125. The SMILES string of the molecule is CCCCCOC(C)CCC/C=C/c1ccc(-c2ccc(-c3ccc(O)c(F)c3F)cc2)cc1. The lowest BCUT2D eigenvalue weighted by Crippen LogP contribution is -2.08. The van der Waals surface area contributed by atoms with Crippen molar-refractivity contribution in [2.75, 3.05) is 6.61 Å². The zero-order valence-electron chi connectivity index (χ0n) is 20.1. The van der Waals surface area contributed by atoms with Crippen LogP contribution in [0, 0.1) is 11.6 Å². The van der Waals surface area contributed by atoms with E-state index in [4.69, 9.17) is 4.74 Å². The Morgan fingerprint density at radius 1 is 0.824 bits per heavy atom. The molecule has 0 bridgehead atoms. The number of ether oxygens (including phenoxy) is 1. The van der Waals surface area contributed by atoms with Crippen molar-refractivity contribution in [3.05, 3.63) is 83.9 Å². The molecule has 0 amide bonds. The first-order valence-corrected chi connectivity index (χ1v) is 12.2. The van der Waals surface area contributed by atoms with Gasteiger partial charge in [-0.3, -0.25) is 0 Å². The normalized spacial score (nSPS) is 12.4. The number of aromatic hydroxyl groups is 1. The first kappa shape index (κ1) is 25.6. The standard InChI is InChI=1S/C30H34F2O2/c1-3-4-8-21-34-22(2)9-6-5-7-10-23-11-13-24(14-12-23)25-15-17-26(18-16-25)27-19-20-28(33)30(32)29(27)31/h7,10-20,22,33H,3-6,8-9,21H2,1-2H3/b10-7+. The van der Waals surface area contributed by atoms with Crippen LogP contribution in [0.25, 0.3) is 28.3 Å². The highest BCUT2D eigenvalue weighted by atomic mass is 19.2. The third-order valence-corrected chi connectivity index (χ3v) is 5.94. The highest BCUT2D eigenvalue weighted by molar-refractivity contribution is 5.72. The molecule has 0 aliphatic carbocycles. The van der Waals surface area contributed by atoms with Gasteiger partial charge in [0.1, 0.15) is 0 Å². The molecule has 0 radical (unpaired) electrons. The number of hydrogen-bond donors (Lipinski definition) is 1. The zero-order chi connectivity index (χ0) is 24.3. The van der Waals surface area contributed by atoms with Crippen LogP contribution in [0.15, 0.2) is 66.7 Å². The fourth-order valence-electron chi connectivity index (χ4n) is 3.85. The predicted octanol–water partition coefficient (Wildman–Crippen LogP) is 8.78. The van der Waals surface area contributed by atoms with Gasteiger partial charge in [-0.2, -0.15) is 4.39 Å². The van der Waals surface area contributed by atoms with Gasteiger partial charge in [0.15, 0.2) is 11.6 Å². The predicted molar refractivity (Wildman–Crippen MR) is 137 cm³/mol. The van der Waals surface area contributed by atoms with Gasteiger partial charge in [0.25, 0.3) is 0 Å². The van der Waals surface area contributed by atoms with E-state index in [2.05, 4.69) is 50.3 Å². The Kier molecular flexibility index (Phi) is 9.84. The molecule has 0 spiro atoms. The molecule has 1 N–H and O–H groups in total. The van der Waals surface area contributed by atoms with Crippen molar-refractivity contribution in [1.29, 1.82) is 0 Å². The lowest BCUT2D eigenvalue weighted by atomic mass is 9.99. The summed E-state index contributed by atoms with van der Waals surface area (Å²) in [5.74, 6) is -2.96. The molecule has 1 atom stereocenters. The summed E-state index contributed by atoms with van der Waals surface area (Å²) in [6, 6.07) is 18.1. The van der Waals surface area contributed by atoms with Crippen molar-refractivity contribution < 1.29 is 18.6 Å². The number of unbranched alkanes of at least 4 members (excludes halogenated alkanes) is 3. The lowest BCUT2D eigenvalue weighted by Gasteiger charge is -2.12. The van der Waals surface area contributed by atoms with Crippen LogP contribution in [0.4, 0.5) is 8.78 Å². The monoisotopic (exact) mass is 464 g/mol. The van der Waals surface area contributed by atoms with E-state index in [0.717, 1.165) is 55.0 Å². The Bertz CT molecular complexity index is 1060. The molecule has 34 heavy (non-hydrogen) atoms. The van der Waals surface area contributed by atoms with Gasteiger partial charge in [-0.05, 0) is 67.0 Å². The highest BCUT2D eigenvalue weighted by Gasteiger charge is 2.14. The van der Waals surface area contributed by atoms with E-state index in [1.165, 1.54) is 18.9 Å². The molecule has 1 unspecified atom stereocenters. The molecule has 0 aromatic heterocycles. The first-order chi connectivity index (χ1) is 16.5. The molecule has 0 fully saturated rings. The highest BCUT2D eigenvalue weighted by Crippen LogP contribution is 2.31. The quantitative estimate of drug-likeness (QED) is 0.271. The van der Waals surface area contributed by atoms with E-state index < -0.39 is 17.4 Å². The molecule has 3 rings (SSSR count). The minimum Gasteiger partial charge on any atom is -0.505 e. The molecule has 0 saturated heterocycles. The van der Waals surface area contributed by atoms with Gasteiger partial charge >= 0.3 is 0 Å². The van der Waals surface area contributed by atoms with Crippen molar-refractivity contribution in [3.63, 3.8) is 0 Å². The van der Waals surface area contributed by atoms with Crippen LogP contribution in [-0.2, 0) is 4.74 Å². The van der Waals surface area contributed by atoms with E-state index in [1.807, 2.05) is 12.1 Å². The molecule has 3 aromatic carbocycles. The molecule has 3 aromatic rings. The van der Waals surface area contributed by atoms with E-state index in [9.17, 15) is 13.9 Å². The van der Waals surface area contributed by atoms with Crippen LogP contribution in [-0.4, -0.2) is 17.8 Å². The van der Waals surface area contributed by atoms with Crippen molar-refractivity contribution in [1.82, 2.24) is 0 Å². The number of halogens is 2. The summed E-state index contributed by atoms with van der Waals surface area (Å²) >= 11 is 0. The van der Waals surface area contributed by atoms with Crippen LogP contribution < -0.4 is 0 Å². The fourth-order valence-corrected chi connectivity index (χ4v) is 3.85. The molecular weight excluding hydrogens is 430 g/mol. The summed E-state index contributed by atoms with van der Waals surface area (Å²) in [6.07, 6.45) is 11.5. The maximum atomic E-state index is 14.1. The summed E-state index contributed by atoms with van der Waals surface area (Å²) in [4.78, 5) is 0. The van der Waals surface area contributed by atoms with Gasteiger partial charge in [0.2, 0.25) is 5.82 Å². The summed E-state index contributed by atoms with van der Waals surface area (Å²) in [5, 5.41) is 9.31. The van der Waals surface area contributed by atoms with Crippen molar-refractivity contribution in [2.45, 2.75) is 58.5 Å². The lowest BCUT2D eigenvalue weighted by molar-refractivity contribution is 0.0566. The molecule has 4 heteroatoms. The second-order valence-corrected chi connectivity index (χ2v) is 8.68. The van der Waals surface area contributed by atoms with Gasteiger partial charge in [0.05, 0.1) is 6.10 Å². The van der Waals surface area contributed by atoms with Crippen LogP contribution in [0.5, 0.6) is 5.75 Å². The van der Waals surface area contributed by atoms with Crippen LogP contribution >= 0.6 is 0 Å². The maximum Gasteiger partial charge on any atom is 0.200 e. The van der Waals surface area contributed by atoms with E-state index >= 15 is 0 Å². The maximum absolute atomic E-state index is 14.1. The van der Waals surface area contributed by atoms with E-state index in [-0.39, 0.29) is 5.56 Å². The average Bonchev–Trinajstić information content (AvgIpc) is 2.86. The van der Waals surface area contributed by atoms with Gasteiger partial charge < -0.3 is 9.84 Å². The van der Waals surface area contributed by atoms with Crippen LogP contribution in [0.3, 0.4) is 0 Å². The Morgan fingerprint density at radius 3 is 2.15 bits per heavy atom. The van der Waals surface area contributed by atoms with Crippen LogP contribution in [0.2, 0.25) is 0 Å². The molecule has 0 aliphatic rings. The van der Waals surface area contributed by atoms with E-state index in [0.29, 0.717) is 11.7 Å². The minimum atomic E-state index is -1.23. The van der Waals surface area contributed by atoms with Gasteiger partial charge in [-0.1, -0.05) is 80.4 Å². The Hall–Kier alpha value is -2.98. The number of benzene rings is 3. The fraction of sp³-hybridized carbons (Fsp3) is 0.333. The molecule has 0 saturated carbocycles. The smallest absolute Gasteiger partial charge is 0.200 e. The Labute approximate surface area is 201 Å². The number of phenols is 1. The molecule has 0 heterocycles. The third-order valence-electron chi connectivity index (χ3n) is 5.94. The zero-order valence-corrected chi connectivity index (χ0v) is 20.1. The van der Waals surface area contributed by atoms with Gasteiger partial charge in [0, 0.05) is 12.2 Å². The molecule has 0 aliphatic heterocycles. The van der Waals surface area contributed by atoms with Gasteiger partial charge in [-0.25, -0.2) is 4.39 Å². The number of phenolic OH excluding ortho intramolecular Hbond substituents is 1. The summed E-state index contributed by atoms with van der Waals surface area (Å²) in [6.45, 7) is 5.22. The average molecular weight is 465 g/mol. The van der Waals surface area contributed by atoms with Crippen LogP contribution in [0.1, 0.15) is 57.9 Å². The van der Waals surface area contributed by atoms with Crippen molar-refractivity contribution in [2.24, 2.45) is 0 Å². The number of hydrogen-bond acceptors (Lipinski definition) is 2. The summed E-state index contributed by atoms with van der Waals surface area (Å²) < 4.78 is 33.6.